The van der Waals surface area contributed by atoms with Gasteiger partial charge in [-0.15, -0.1) is 6.58 Å². The van der Waals surface area contributed by atoms with Crippen LogP contribution in [0, 0.1) is 0 Å². The van der Waals surface area contributed by atoms with Crippen molar-refractivity contribution < 1.29 is 4.74 Å². The van der Waals surface area contributed by atoms with Crippen LogP contribution in [0.15, 0.2) is 25.0 Å². The highest BCUT2D eigenvalue weighted by atomic mass is 16.5. The number of nitrogens with zero attached hydrogens (tertiary/aromatic N) is 2. The van der Waals surface area contributed by atoms with Crippen molar-refractivity contribution in [2.24, 2.45) is 0 Å². The monoisotopic (exact) mass is 193 g/mol. The molecule has 4 heteroatoms. The molecular formula is C10H15N3O. The highest BCUT2D eigenvalue weighted by Gasteiger charge is 2.01. The number of hydrogen-bond donors (Lipinski definition) is 1. The van der Waals surface area contributed by atoms with E-state index in [0.29, 0.717) is 11.9 Å². The molecule has 0 aliphatic heterocycles. The molecule has 0 amide bonds. The van der Waals surface area contributed by atoms with Crippen molar-refractivity contribution >= 4 is 5.82 Å². The fourth-order valence-electron chi connectivity index (χ4n) is 1.09. The Morgan fingerprint density at radius 3 is 3.07 bits per heavy atom. The number of aromatic nitrogens is 2. The highest BCUT2D eigenvalue weighted by molar-refractivity contribution is 5.37. The van der Waals surface area contributed by atoms with Crippen LogP contribution in [0.1, 0.15) is 13.3 Å². The second-order valence-electron chi connectivity index (χ2n) is 3.02. The normalized spacial score (nSPS) is 11.9. The zero-order valence-electron chi connectivity index (χ0n) is 8.53. The zero-order chi connectivity index (χ0) is 10.4. The Balaban J connectivity index is 2.61. The third-order valence-electron chi connectivity index (χ3n) is 1.77. The van der Waals surface area contributed by atoms with Gasteiger partial charge in [-0.3, -0.25) is 0 Å². The van der Waals surface area contributed by atoms with Gasteiger partial charge in [0.05, 0.1) is 7.11 Å². The average Bonchev–Trinajstić information content (AvgIpc) is 2.18. The fraction of sp³-hybridized carbons (Fsp3) is 0.400. The number of hydrogen-bond acceptors (Lipinski definition) is 4. The topological polar surface area (TPSA) is 47.0 Å². The van der Waals surface area contributed by atoms with E-state index < -0.39 is 0 Å². The number of anilines is 1. The van der Waals surface area contributed by atoms with Crippen LogP contribution in [-0.4, -0.2) is 23.1 Å². The Hall–Kier alpha value is -1.58. The first kappa shape index (κ1) is 10.5. The van der Waals surface area contributed by atoms with Gasteiger partial charge in [-0.25, -0.2) is 9.97 Å². The largest absolute Gasteiger partial charge is 0.481 e. The predicted octanol–water partition coefficient (Wildman–Crippen LogP) is 1.86. The second kappa shape index (κ2) is 5.21. The minimum atomic E-state index is 0.312. The summed E-state index contributed by atoms with van der Waals surface area (Å²) in [6.07, 6.45) is 4.24. The van der Waals surface area contributed by atoms with Gasteiger partial charge in [0, 0.05) is 12.1 Å². The van der Waals surface area contributed by atoms with Crippen LogP contribution in [0.2, 0.25) is 0 Å². The molecule has 1 aromatic rings. The summed E-state index contributed by atoms with van der Waals surface area (Å²) in [5.41, 5.74) is 0. The molecule has 1 N–H and O–H groups in total. The van der Waals surface area contributed by atoms with E-state index in [1.54, 1.807) is 13.2 Å². The van der Waals surface area contributed by atoms with Gasteiger partial charge in [0.25, 0.3) is 0 Å². The third-order valence-corrected chi connectivity index (χ3v) is 1.77. The van der Waals surface area contributed by atoms with Crippen LogP contribution in [0.5, 0.6) is 5.88 Å². The van der Waals surface area contributed by atoms with Crippen LogP contribution >= 0.6 is 0 Å². The molecule has 0 saturated carbocycles. The van der Waals surface area contributed by atoms with Gasteiger partial charge >= 0.3 is 0 Å². The van der Waals surface area contributed by atoms with Crippen molar-refractivity contribution in [3.63, 3.8) is 0 Å². The average molecular weight is 193 g/mol. The van der Waals surface area contributed by atoms with E-state index in [0.717, 1.165) is 12.2 Å². The Bertz CT molecular complexity index is 301. The molecule has 1 rings (SSSR count). The molecule has 0 saturated heterocycles. The van der Waals surface area contributed by atoms with Gasteiger partial charge in [0.1, 0.15) is 12.1 Å². The van der Waals surface area contributed by atoms with Crippen LogP contribution in [-0.2, 0) is 0 Å². The molecule has 1 heterocycles. The predicted molar refractivity (Wildman–Crippen MR) is 56.5 cm³/mol. The summed E-state index contributed by atoms with van der Waals surface area (Å²) in [5.74, 6) is 1.33. The van der Waals surface area contributed by atoms with E-state index in [-0.39, 0.29) is 0 Å². The lowest BCUT2D eigenvalue weighted by atomic mass is 10.2. The SMILES string of the molecule is C=CCC(C)Nc1cc(OC)ncn1. The van der Waals surface area contributed by atoms with Gasteiger partial charge in [-0.2, -0.15) is 0 Å². The molecule has 14 heavy (non-hydrogen) atoms. The standard InChI is InChI=1S/C10H15N3O/c1-4-5-8(2)13-9-6-10(14-3)12-7-11-9/h4,6-8H,1,5H2,2-3H3,(H,11,12,13). The zero-order valence-corrected chi connectivity index (χ0v) is 8.53. The fourth-order valence-corrected chi connectivity index (χ4v) is 1.09. The maximum atomic E-state index is 4.99. The third kappa shape index (κ3) is 3.05. The molecule has 0 spiro atoms. The lowest BCUT2D eigenvalue weighted by Crippen LogP contribution is -2.14. The number of rotatable bonds is 5. The molecule has 1 aromatic heterocycles. The molecule has 0 fully saturated rings. The quantitative estimate of drug-likeness (QED) is 0.725. The maximum Gasteiger partial charge on any atom is 0.218 e. The number of nitrogens with one attached hydrogen (secondary N) is 1. The molecule has 4 nitrogen and oxygen atoms in total. The van der Waals surface area contributed by atoms with Crippen molar-refractivity contribution in [1.82, 2.24) is 9.97 Å². The lowest BCUT2D eigenvalue weighted by Gasteiger charge is -2.12. The summed E-state index contributed by atoms with van der Waals surface area (Å²) < 4.78 is 4.99. The smallest absolute Gasteiger partial charge is 0.218 e. The summed E-state index contributed by atoms with van der Waals surface area (Å²) in [4.78, 5) is 7.99. The molecule has 0 aliphatic rings. The Morgan fingerprint density at radius 2 is 2.43 bits per heavy atom. The summed E-state index contributed by atoms with van der Waals surface area (Å²) in [6, 6.07) is 2.08. The van der Waals surface area contributed by atoms with Crippen LogP contribution in [0.25, 0.3) is 0 Å². The molecule has 1 unspecified atom stereocenters. The van der Waals surface area contributed by atoms with E-state index >= 15 is 0 Å². The summed E-state index contributed by atoms with van der Waals surface area (Å²) in [6.45, 7) is 5.74. The van der Waals surface area contributed by atoms with Crippen LogP contribution in [0.3, 0.4) is 0 Å². The van der Waals surface area contributed by atoms with Crippen molar-refractivity contribution in [3.8, 4) is 5.88 Å². The van der Waals surface area contributed by atoms with E-state index in [9.17, 15) is 0 Å². The van der Waals surface area contributed by atoms with Gasteiger partial charge in [0.2, 0.25) is 5.88 Å². The van der Waals surface area contributed by atoms with E-state index in [1.807, 2.05) is 6.08 Å². The molecule has 0 bridgehead atoms. The molecule has 0 radical (unpaired) electrons. The van der Waals surface area contributed by atoms with E-state index in [1.165, 1.54) is 6.33 Å². The molecule has 0 aliphatic carbocycles. The van der Waals surface area contributed by atoms with E-state index in [2.05, 4.69) is 28.8 Å². The molecule has 1 atom stereocenters. The van der Waals surface area contributed by atoms with E-state index in [4.69, 9.17) is 4.74 Å². The van der Waals surface area contributed by atoms with Crippen molar-refractivity contribution in [1.29, 1.82) is 0 Å². The first-order valence-corrected chi connectivity index (χ1v) is 4.49. The summed E-state index contributed by atoms with van der Waals surface area (Å²) in [5, 5.41) is 3.22. The van der Waals surface area contributed by atoms with Crippen molar-refractivity contribution in [2.75, 3.05) is 12.4 Å². The minimum absolute atomic E-state index is 0.312. The van der Waals surface area contributed by atoms with Crippen molar-refractivity contribution in [3.05, 3.63) is 25.0 Å². The van der Waals surface area contributed by atoms with Crippen molar-refractivity contribution in [2.45, 2.75) is 19.4 Å². The number of methoxy groups -OCH3 is 1. The lowest BCUT2D eigenvalue weighted by molar-refractivity contribution is 0.397. The molecular weight excluding hydrogens is 178 g/mol. The minimum Gasteiger partial charge on any atom is -0.481 e. The first-order chi connectivity index (χ1) is 6.76. The van der Waals surface area contributed by atoms with Gasteiger partial charge < -0.3 is 10.1 Å². The van der Waals surface area contributed by atoms with Crippen LogP contribution < -0.4 is 10.1 Å². The summed E-state index contributed by atoms with van der Waals surface area (Å²) >= 11 is 0. The molecule has 0 aromatic carbocycles. The maximum absolute atomic E-state index is 4.99. The summed E-state index contributed by atoms with van der Waals surface area (Å²) in [7, 11) is 1.58. The Labute approximate surface area is 84.0 Å². The van der Waals surface area contributed by atoms with Gasteiger partial charge in [-0.1, -0.05) is 6.08 Å². The Morgan fingerprint density at radius 1 is 1.64 bits per heavy atom. The Kier molecular flexibility index (Phi) is 3.91. The van der Waals surface area contributed by atoms with Gasteiger partial charge in [-0.05, 0) is 13.3 Å². The number of ether oxygens (including phenoxy) is 1. The van der Waals surface area contributed by atoms with Crippen LogP contribution in [0.4, 0.5) is 5.82 Å². The highest BCUT2D eigenvalue weighted by Crippen LogP contribution is 2.11. The molecule has 76 valence electrons. The van der Waals surface area contributed by atoms with Gasteiger partial charge in [0.15, 0.2) is 0 Å². The first-order valence-electron chi connectivity index (χ1n) is 4.49. The second-order valence-corrected chi connectivity index (χ2v) is 3.02.